The number of benzene rings is 1. The SMILES string of the molecule is Cc1cccc(C)c1CN1CCC(C(=O)O)C1. The van der Waals surface area contributed by atoms with Crippen LogP contribution in [0.25, 0.3) is 0 Å². The van der Waals surface area contributed by atoms with Crippen molar-refractivity contribution in [2.45, 2.75) is 26.8 Å². The number of nitrogens with zero attached hydrogens (tertiary/aromatic N) is 1. The van der Waals surface area contributed by atoms with Crippen LogP contribution >= 0.6 is 0 Å². The maximum Gasteiger partial charge on any atom is 0.307 e. The summed E-state index contributed by atoms with van der Waals surface area (Å²) in [6, 6.07) is 6.30. The number of aryl methyl sites for hydroxylation is 2. The Bertz CT molecular complexity index is 408. The van der Waals surface area contributed by atoms with Gasteiger partial charge < -0.3 is 5.11 Å². The maximum atomic E-state index is 10.9. The van der Waals surface area contributed by atoms with Crippen molar-refractivity contribution in [1.82, 2.24) is 4.90 Å². The number of hydrogen-bond donors (Lipinski definition) is 1. The molecule has 0 radical (unpaired) electrons. The predicted octanol–water partition coefficient (Wildman–Crippen LogP) is 2.21. The predicted molar refractivity (Wildman–Crippen MR) is 66.9 cm³/mol. The molecule has 92 valence electrons. The highest BCUT2D eigenvalue weighted by Crippen LogP contribution is 2.22. The minimum atomic E-state index is -0.658. The van der Waals surface area contributed by atoms with E-state index in [4.69, 9.17) is 5.11 Å². The van der Waals surface area contributed by atoms with Gasteiger partial charge in [0.25, 0.3) is 0 Å². The zero-order chi connectivity index (χ0) is 12.4. The van der Waals surface area contributed by atoms with Crippen molar-refractivity contribution in [1.29, 1.82) is 0 Å². The fraction of sp³-hybridized carbons (Fsp3) is 0.500. The van der Waals surface area contributed by atoms with E-state index in [0.29, 0.717) is 6.54 Å². The van der Waals surface area contributed by atoms with E-state index >= 15 is 0 Å². The molecule has 3 heteroatoms. The largest absolute Gasteiger partial charge is 0.481 e. The zero-order valence-corrected chi connectivity index (χ0v) is 10.4. The van der Waals surface area contributed by atoms with Crippen molar-refractivity contribution in [3.05, 3.63) is 34.9 Å². The van der Waals surface area contributed by atoms with E-state index in [2.05, 4.69) is 36.9 Å². The van der Waals surface area contributed by atoms with Crippen LogP contribution in [0.4, 0.5) is 0 Å². The lowest BCUT2D eigenvalue weighted by Gasteiger charge is -2.18. The summed E-state index contributed by atoms with van der Waals surface area (Å²) in [6.45, 7) is 6.69. The molecule has 0 amide bonds. The van der Waals surface area contributed by atoms with Gasteiger partial charge in [-0.15, -0.1) is 0 Å². The monoisotopic (exact) mass is 233 g/mol. The smallest absolute Gasteiger partial charge is 0.307 e. The number of hydrogen-bond acceptors (Lipinski definition) is 2. The molecule has 3 nitrogen and oxygen atoms in total. The van der Waals surface area contributed by atoms with Crippen LogP contribution in [0.5, 0.6) is 0 Å². The van der Waals surface area contributed by atoms with E-state index in [9.17, 15) is 4.79 Å². The van der Waals surface area contributed by atoms with Crippen LogP contribution in [0.2, 0.25) is 0 Å². The van der Waals surface area contributed by atoms with Gasteiger partial charge in [-0.2, -0.15) is 0 Å². The lowest BCUT2D eigenvalue weighted by atomic mass is 10.0. The van der Waals surface area contributed by atoms with E-state index in [0.717, 1.165) is 19.5 Å². The van der Waals surface area contributed by atoms with Crippen molar-refractivity contribution in [2.75, 3.05) is 13.1 Å². The average Bonchev–Trinajstić information content (AvgIpc) is 2.72. The second kappa shape index (κ2) is 4.88. The number of carbonyl (C=O) groups is 1. The number of carboxylic acids is 1. The van der Waals surface area contributed by atoms with Crippen LogP contribution in [0, 0.1) is 19.8 Å². The van der Waals surface area contributed by atoms with E-state index in [1.165, 1.54) is 16.7 Å². The summed E-state index contributed by atoms with van der Waals surface area (Å²) >= 11 is 0. The van der Waals surface area contributed by atoms with Gasteiger partial charge in [0.1, 0.15) is 0 Å². The molecular formula is C14H19NO2. The van der Waals surface area contributed by atoms with Crippen LogP contribution in [-0.4, -0.2) is 29.1 Å². The Balaban J connectivity index is 2.05. The molecule has 0 spiro atoms. The van der Waals surface area contributed by atoms with Gasteiger partial charge in [-0.25, -0.2) is 0 Å². The molecule has 1 unspecified atom stereocenters. The first-order valence-electron chi connectivity index (χ1n) is 6.08. The summed E-state index contributed by atoms with van der Waals surface area (Å²) in [5.74, 6) is -0.840. The van der Waals surface area contributed by atoms with Crippen molar-refractivity contribution < 1.29 is 9.90 Å². The molecule has 0 aliphatic carbocycles. The molecule has 1 heterocycles. The normalized spacial score (nSPS) is 20.7. The quantitative estimate of drug-likeness (QED) is 0.870. The van der Waals surface area contributed by atoms with Gasteiger partial charge in [-0.1, -0.05) is 18.2 Å². The van der Waals surface area contributed by atoms with Crippen molar-refractivity contribution >= 4 is 5.97 Å². The highest BCUT2D eigenvalue weighted by atomic mass is 16.4. The molecule has 1 atom stereocenters. The van der Waals surface area contributed by atoms with Gasteiger partial charge in [0.15, 0.2) is 0 Å². The number of aliphatic carboxylic acids is 1. The van der Waals surface area contributed by atoms with Crippen LogP contribution in [-0.2, 0) is 11.3 Å². The number of carboxylic acid groups (broad SMARTS) is 1. The minimum Gasteiger partial charge on any atom is -0.481 e. The van der Waals surface area contributed by atoms with Gasteiger partial charge in [-0.3, -0.25) is 9.69 Å². The number of likely N-dealkylation sites (tertiary alicyclic amines) is 1. The summed E-state index contributed by atoms with van der Waals surface area (Å²) < 4.78 is 0. The Hall–Kier alpha value is -1.35. The summed E-state index contributed by atoms with van der Waals surface area (Å²) in [4.78, 5) is 13.2. The summed E-state index contributed by atoms with van der Waals surface area (Å²) in [5.41, 5.74) is 3.94. The molecule has 1 N–H and O–H groups in total. The third-order valence-electron chi connectivity index (χ3n) is 3.65. The Kier molecular flexibility index (Phi) is 3.48. The zero-order valence-electron chi connectivity index (χ0n) is 10.4. The summed E-state index contributed by atoms with van der Waals surface area (Å²) in [7, 11) is 0. The summed E-state index contributed by atoms with van der Waals surface area (Å²) in [6.07, 6.45) is 0.778. The molecule has 17 heavy (non-hydrogen) atoms. The van der Waals surface area contributed by atoms with Gasteiger partial charge in [0.05, 0.1) is 5.92 Å². The molecule has 1 aromatic rings. The highest BCUT2D eigenvalue weighted by Gasteiger charge is 2.28. The van der Waals surface area contributed by atoms with Crippen molar-refractivity contribution in [3.8, 4) is 0 Å². The highest BCUT2D eigenvalue weighted by molar-refractivity contribution is 5.70. The molecule has 0 aromatic heterocycles. The van der Waals surface area contributed by atoms with Crippen molar-refractivity contribution in [3.63, 3.8) is 0 Å². The minimum absolute atomic E-state index is 0.181. The Morgan fingerprint density at radius 3 is 2.59 bits per heavy atom. The van der Waals surface area contributed by atoms with Crippen LogP contribution < -0.4 is 0 Å². The molecule has 0 bridgehead atoms. The lowest BCUT2D eigenvalue weighted by Crippen LogP contribution is -2.23. The Morgan fingerprint density at radius 2 is 2.06 bits per heavy atom. The van der Waals surface area contributed by atoms with Gasteiger partial charge in [0, 0.05) is 13.1 Å². The molecule has 1 aliphatic rings. The first-order valence-corrected chi connectivity index (χ1v) is 6.08. The second-order valence-corrected chi connectivity index (χ2v) is 4.93. The fourth-order valence-corrected chi connectivity index (χ4v) is 2.50. The van der Waals surface area contributed by atoms with E-state index < -0.39 is 5.97 Å². The van der Waals surface area contributed by atoms with Crippen LogP contribution in [0.3, 0.4) is 0 Å². The number of rotatable bonds is 3. The van der Waals surface area contributed by atoms with E-state index in [1.807, 2.05) is 0 Å². The topological polar surface area (TPSA) is 40.5 Å². The van der Waals surface area contributed by atoms with Crippen LogP contribution in [0.15, 0.2) is 18.2 Å². The third kappa shape index (κ3) is 2.67. The van der Waals surface area contributed by atoms with Gasteiger partial charge in [-0.05, 0) is 43.5 Å². The second-order valence-electron chi connectivity index (χ2n) is 4.93. The fourth-order valence-electron chi connectivity index (χ4n) is 2.50. The average molecular weight is 233 g/mol. The Labute approximate surface area is 102 Å². The molecule has 1 aromatic carbocycles. The van der Waals surface area contributed by atoms with Gasteiger partial charge in [0.2, 0.25) is 0 Å². The van der Waals surface area contributed by atoms with Crippen molar-refractivity contribution in [2.24, 2.45) is 5.92 Å². The molecular weight excluding hydrogens is 214 g/mol. The third-order valence-corrected chi connectivity index (χ3v) is 3.65. The maximum absolute atomic E-state index is 10.9. The van der Waals surface area contributed by atoms with E-state index in [-0.39, 0.29) is 5.92 Å². The molecule has 2 rings (SSSR count). The first kappa shape index (κ1) is 12.1. The van der Waals surface area contributed by atoms with Crippen LogP contribution in [0.1, 0.15) is 23.1 Å². The molecule has 0 saturated carbocycles. The molecule has 1 fully saturated rings. The van der Waals surface area contributed by atoms with Gasteiger partial charge >= 0.3 is 5.97 Å². The van der Waals surface area contributed by atoms with E-state index in [1.54, 1.807) is 0 Å². The summed E-state index contributed by atoms with van der Waals surface area (Å²) in [5, 5.41) is 8.98. The lowest BCUT2D eigenvalue weighted by molar-refractivity contribution is -0.141. The molecule has 1 aliphatic heterocycles. The Morgan fingerprint density at radius 1 is 1.41 bits per heavy atom. The first-order chi connectivity index (χ1) is 8.08. The standard InChI is InChI=1S/C14H19NO2/c1-10-4-3-5-11(2)13(10)9-15-7-6-12(8-15)14(16)17/h3-5,12H,6-9H2,1-2H3,(H,16,17). The molecule has 1 saturated heterocycles.